The van der Waals surface area contributed by atoms with Crippen LogP contribution in [0.15, 0.2) is 56.7 Å². The van der Waals surface area contributed by atoms with Crippen molar-refractivity contribution in [1.29, 1.82) is 0 Å². The molecule has 0 amide bonds. The maximum atomic E-state index is 9.87. The minimum atomic E-state index is -0.505. The molecule has 1 unspecified atom stereocenters. The van der Waals surface area contributed by atoms with E-state index in [1.165, 1.54) is 0 Å². The molecule has 2 aromatic carbocycles. The van der Waals surface area contributed by atoms with Gasteiger partial charge in [0.15, 0.2) is 0 Å². The highest BCUT2D eigenvalue weighted by molar-refractivity contribution is 9.10. The third-order valence-electron chi connectivity index (χ3n) is 2.71. The summed E-state index contributed by atoms with van der Waals surface area (Å²) in [6.45, 7) is 1.77. The first kappa shape index (κ1) is 14.4. The van der Waals surface area contributed by atoms with Crippen LogP contribution in [0.5, 0.6) is 5.75 Å². The van der Waals surface area contributed by atoms with E-state index in [9.17, 15) is 5.11 Å². The van der Waals surface area contributed by atoms with Crippen LogP contribution in [0, 0.1) is 0 Å². The lowest BCUT2D eigenvalue weighted by Crippen LogP contribution is -1.94. The van der Waals surface area contributed by atoms with Gasteiger partial charge >= 0.3 is 0 Å². The molecule has 0 aromatic heterocycles. The Kier molecular flexibility index (Phi) is 4.91. The van der Waals surface area contributed by atoms with Crippen LogP contribution in [0.3, 0.4) is 0 Å². The molecule has 0 aliphatic rings. The minimum Gasteiger partial charge on any atom is -0.496 e. The zero-order chi connectivity index (χ0) is 13.8. The fraction of sp³-hybridized carbons (Fsp3) is 0.200. The molecule has 19 heavy (non-hydrogen) atoms. The van der Waals surface area contributed by atoms with Crippen LogP contribution >= 0.6 is 27.7 Å². The highest BCUT2D eigenvalue weighted by Gasteiger charge is 2.12. The Morgan fingerprint density at radius 1 is 1.16 bits per heavy atom. The average Bonchev–Trinajstić information content (AvgIpc) is 2.41. The second kappa shape index (κ2) is 6.46. The molecule has 2 aromatic rings. The summed E-state index contributed by atoms with van der Waals surface area (Å²) in [4.78, 5) is 2.07. The van der Waals surface area contributed by atoms with Gasteiger partial charge in [-0.05, 0) is 42.8 Å². The van der Waals surface area contributed by atoms with Crippen molar-refractivity contribution in [1.82, 2.24) is 0 Å². The smallest absolute Gasteiger partial charge is 0.132 e. The molecule has 0 saturated heterocycles. The first-order chi connectivity index (χ1) is 9.11. The third kappa shape index (κ3) is 3.53. The number of aliphatic hydroxyl groups is 1. The van der Waals surface area contributed by atoms with E-state index in [4.69, 9.17) is 4.74 Å². The molecule has 1 atom stereocenters. The quantitative estimate of drug-likeness (QED) is 0.878. The van der Waals surface area contributed by atoms with Crippen LogP contribution in [0.4, 0.5) is 0 Å². The van der Waals surface area contributed by atoms with E-state index < -0.39 is 6.10 Å². The van der Waals surface area contributed by atoms with Crippen molar-refractivity contribution in [3.05, 3.63) is 52.5 Å². The second-order valence-electron chi connectivity index (χ2n) is 4.11. The number of ether oxygens (including phenoxy) is 1. The highest BCUT2D eigenvalue weighted by atomic mass is 79.9. The summed E-state index contributed by atoms with van der Waals surface area (Å²) in [5.74, 6) is 0.840. The molecule has 1 N–H and O–H groups in total. The molecule has 4 heteroatoms. The van der Waals surface area contributed by atoms with Crippen molar-refractivity contribution in [3.8, 4) is 5.75 Å². The van der Waals surface area contributed by atoms with Crippen molar-refractivity contribution >= 4 is 27.7 Å². The van der Waals surface area contributed by atoms with Gasteiger partial charge in [0.25, 0.3) is 0 Å². The van der Waals surface area contributed by atoms with Crippen molar-refractivity contribution in [3.63, 3.8) is 0 Å². The zero-order valence-corrected chi connectivity index (χ0v) is 13.2. The molecule has 0 heterocycles. The van der Waals surface area contributed by atoms with E-state index in [1.807, 2.05) is 42.5 Å². The number of aliphatic hydroxyl groups excluding tert-OH is 1. The van der Waals surface area contributed by atoms with Gasteiger partial charge in [0, 0.05) is 9.37 Å². The van der Waals surface area contributed by atoms with Crippen molar-refractivity contribution in [2.75, 3.05) is 7.11 Å². The first-order valence-electron chi connectivity index (χ1n) is 5.90. The number of para-hydroxylation sites is 1. The molecular formula is C15H15BrO2S. The van der Waals surface area contributed by atoms with Gasteiger partial charge in [-0.15, -0.1) is 0 Å². The summed E-state index contributed by atoms with van der Waals surface area (Å²) >= 11 is 5.03. The van der Waals surface area contributed by atoms with Gasteiger partial charge in [0.2, 0.25) is 0 Å². The summed E-state index contributed by atoms with van der Waals surface area (Å²) in [7, 11) is 1.66. The van der Waals surface area contributed by atoms with Gasteiger partial charge in [-0.25, -0.2) is 0 Å². The fourth-order valence-corrected chi connectivity index (χ4v) is 3.26. The zero-order valence-electron chi connectivity index (χ0n) is 10.8. The number of methoxy groups -OCH3 is 1. The average molecular weight is 339 g/mol. The Bertz CT molecular complexity index is 570. The van der Waals surface area contributed by atoms with Gasteiger partial charge in [-0.2, -0.15) is 0 Å². The lowest BCUT2D eigenvalue weighted by Gasteiger charge is -2.13. The van der Waals surface area contributed by atoms with E-state index >= 15 is 0 Å². The molecule has 2 nitrogen and oxygen atoms in total. The summed E-state index contributed by atoms with van der Waals surface area (Å²) in [5, 5.41) is 9.87. The number of halogens is 1. The standard InChI is InChI=1S/C15H15BrO2S/c1-10(17)12-9-11(16)7-8-14(12)19-15-6-4-3-5-13(15)18-2/h3-10,17H,1-2H3. The van der Waals surface area contributed by atoms with E-state index in [0.29, 0.717) is 0 Å². The molecule has 0 aliphatic heterocycles. The number of hydrogen-bond acceptors (Lipinski definition) is 3. The molecule has 0 saturated carbocycles. The van der Waals surface area contributed by atoms with Crippen LogP contribution in [0.1, 0.15) is 18.6 Å². The molecule has 0 radical (unpaired) electrons. The molecule has 100 valence electrons. The Balaban J connectivity index is 2.38. The lowest BCUT2D eigenvalue weighted by atomic mass is 10.1. The van der Waals surface area contributed by atoms with Crippen LogP contribution < -0.4 is 4.74 Å². The van der Waals surface area contributed by atoms with Crippen LogP contribution in [-0.2, 0) is 0 Å². The molecule has 0 fully saturated rings. The molecule has 0 spiro atoms. The second-order valence-corrected chi connectivity index (χ2v) is 6.11. The van der Waals surface area contributed by atoms with E-state index in [-0.39, 0.29) is 0 Å². The number of rotatable bonds is 4. The summed E-state index contributed by atoms with van der Waals surface area (Å²) in [5.41, 5.74) is 0.908. The maximum Gasteiger partial charge on any atom is 0.132 e. The monoisotopic (exact) mass is 338 g/mol. The van der Waals surface area contributed by atoms with Gasteiger partial charge in [-0.1, -0.05) is 39.8 Å². The normalized spacial score (nSPS) is 12.2. The van der Waals surface area contributed by atoms with Crippen molar-refractivity contribution < 1.29 is 9.84 Å². The van der Waals surface area contributed by atoms with Crippen molar-refractivity contribution in [2.45, 2.75) is 22.8 Å². The predicted octanol–water partition coefficient (Wildman–Crippen LogP) is 4.66. The highest BCUT2D eigenvalue weighted by Crippen LogP contribution is 2.38. The predicted molar refractivity (Wildman–Crippen MR) is 81.9 cm³/mol. The van der Waals surface area contributed by atoms with E-state index in [2.05, 4.69) is 15.9 Å². The van der Waals surface area contributed by atoms with Crippen LogP contribution in [0.25, 0.3) is 0 Å². The van der Waals surface area contributed by atoms with E-state index in [1.54, 1.807) is 25.8 Å². The Hall–Kier alpha value is -0.970. The van der Waals surface area contributed by atoms with Gasteiger partial charge in [0.1, 0.15) is 5.75 Å². The molecule has 2 rings (SSSR count). The van der Waals surface area contributed by atoms with Crippen LogP contribution in [0.2, 0.25) is 0 Å². The van der Waals surface area contributed by atoms with Crippen LogP contribution in [-0.4, -0.2) is 12.2 Å². The summed E-state index contributed by atoms with van der Waals surface area (Å²) < 4.78 is 6.31. The SMILES string of the molecule is COc1ccccc1Sc1ccc(Br)cc1C(C)O. The largest absolute Gasteiger partial charge is 0.496 e. The van der Waals surface area contributed by atoms with Gasteiger partial charge in [0.05, 0.1) is 18.1 Å². The maximum absolute atomic E-state index is 9.87. The summed E-state index contributed by atoms with van der Waals surface area (Å²) in [6.07, 6.45) is -0.505. The third-order valence-corrected chi connectivity index (χ3v) is 4.35. The van der Waals surface area contributed by atoms with Crippen molar-refractivity contribution in [2.24, 2.45) is 0 Å². The lowest BCUT2D eigenvalue weighted by molar-refractivity contribution is 0.196. The summed E-state index contributed by atoms with van der Waals surface area (Å²) in [6, 6.07) is 13.8. The minimum absolute atomic E-state index is 0.505. The molecule has 0 aliphatic carbocycles. The van der Waals surface area contributed by atoms with Gasteiger partial charge in [-0.3, -0.25) is 0 Å². The van der Waals surface area contributed by atoms with Gasteiger partial charge < -0.3 is 9.84 Å². The first-order valence-corrected chi connectivity index (χ1v) is 7.51. The Morgan fingerprint density at radius 2 is 1.89 bits per heavy atom. The molecular weight excluding hydrogens is 324 g/mol. The molecule has 0 bridgehead atoms. The topological polar surface area (TPSA) is 29.5 Å². The Morgan fingerprint density at radius 3 is 2.58 bits per heavy atom. The number of benzene rings is 2. The van der Waals surface area contributed by atoms with E-state index in [0.717, 1.165) is 25.6 Å². The Labute approximate surface area is 125 Å². The fourth-order valence-electron chi connectivity index (χ4n) is 1.76. The number of hydrogen-bond donors (Lipinski definition) is 1.